The molecule has 0 amide bonds. The number of rotatable bonds is 9. The van der Waals surface area contributed by atoms with Crippen LogP contribution in [0.2, 0.25) is 0 Å². The largest absolute Gasteiger partial charge is 0.473 e. The summed E-state index contributed by atoms with van der Waals surface area (Å²) in [5.41, 5.74) is -1.09. The molecule has 5 nitrogen and oxygen atoms in total. The Kier molecular flexibility index (Phi) is 8.01. The fourth-order valence-electron chi connectivity index (χ4n) is 1.89. The molecule has 4 unspecified atom stereocenters. The molecular weight excluding hydrogens is 277 g/mol. The number of likely N-dealkylation sites (N-methyl/N-ethyl adjacent to an activating group) is 1. The number of terminal acetylenes is 1. The van der Waals surface area contributed by atoms with Gasteiger partial charge in [0.2, 0.25) is 0 Å². The van der Waals surface area contributed by atoms with Crippen LogP contribution >= 0.6 is 7.82 Å². The summed E-state index contributed by atoms with van der Waals surface area (Å²) < 4.78 is 22.7. The Morgan fingerprint density at radius 1 is 1.35 bits per heavy atom. The van der Waals surface area contributed by atoms with Gasteiger partial charge >= 0.3 is 7.82 Å². The zero-order valence-corrected chi connectivity index (χ0v) is 14.2. The molecule has 0 fully saturated rings. The number of hydrogen-bond donors (Lipinski definition) is 2. The van der Waals surface area contributed by atoms with Gasteiger partial charge < -0.3 is 10.2 Å². The Labute approximate surface area is 123 Å². The molecule has 0 rings (SSSR count). The van der Waals surface area contributed by atoms with Crippen LogP contribution in [0.4, 0.5) is 0 Å². The van der Waals surface area contributed by atoms with Gasteiger partial charge in [-0.05, 0) is 32.7 Å². The van der Waals surface area contributed by atoms with Crippen molar-refractivity contribution in [3.8, 4) is 12.3 Å². The van der Waals surface area contributed by atoms with E-state index in [0.29, 0.717) is 6.42 Å². The lowest BCUT2D eigenvalue weighted by atomic mass is 9.89. The molecule has 0 bridgehead atoms. The van der Waals surface area contributed by atoms with Crippen LogP contribution in [0.25, 0.3) is 0 Å². The van der Waals surface area contributed by atoms with Crippen LogP contribution in [-0.2, 0) is 13.6 Å². The minimum Gasteiger partial charge on any atom is -0.312 e. The molecule has 0 radical (unpaired) electrons. The van der Waals surface area contributed by atoms with Gasteiger partial charge in [-0.25, -0.2) is 4.57 Å². The molecule has 6 heteroatoms. The maximum atomic E-state index is 12.2. The Morgan fingerprint density at radius 3 is 2.25 bits per heavy atom. The Morgan fingerprint density at radius 2 is 1.90 bits per heavy atom. The molecule has 0 spiro atoms. The van der Waals surface area contributed by atoms with Gasteiger partial charge in [-0.1, -0.05) is 33.6 Å². The molecule has 0 aliphatic carbocycles. The fourth-order valence-corrected chi connectivity index (χ4v) is 3.34. The van der Waals surface area contributed by atoms with E-state index in [0.717, 1.165) is 6.54 Å². The van der Waals surface area contributed by atoms with Gasteiger partial charge in [0.25, 0.3) is 0 Å². The first kappa shape index (κ1) is 19.6. The lowest BCUT2D eigenvalue weighted by Gasteiger charge is -2.33. The van der Waals surface area contributed by atoms with E-state index in [-0.39, 0.29) is 12.0 Å². The normalized spacial score (nSPS) is 20.8. The molecule has 0 aromatic carbocycles. The molecule has 0 aliphatic heterocycles. The minimum atomic E-state index is -4.22. The van der Waals surface area contributed by atoms with E-state index < -0.39 is 19.5 Å². The number of hydrogen-bond acceptors (Lipinski definition) is 4. The Bertz CT molecular complexity index is 380. The summed E-state index contributed by atoms with van der Waals surface area (Å²) in [4.78, 5) is 9.94. The second-order valence-corrected chi connectivity index (χ2v) is 6.59. The van der Waals surface area contributed by atoms with Crippen LogP contribution in [-0.4, -0.2) is 29.2 Å². The minimum absolute atomic E-state index is 0.0648. The van der Waals surface area contributed by atoms with Crippen molar-refractivity contribution in [2.24, 2.45) is 5.92 Å². The summed E-state index contributed by atoms with van der Waals surface area (Å²) in [5.74, 6) is 2.40. The summed E-state index contributed by atoms with van der Waals surface area (Å²) >= 11 is 0. The second kappa shape index (κ2) is 8.17. The van der Waals surface area contributed by atoms with Gasteiger partial charge in [0.15, 0.2) is 0 Å². The second-order valence-electron chi connectivity index (χ2n) is 5.26. The molecule has 118 valence electrons. The molecule has 4 atom stereocenters. The molecule has 0 saturated carbocycles. The zero-order chi connectivity index (χ0) is 16.0. The molecule has 0 aromatic heterocycles. The molecule has 0 saturated heterocycles. The summed E-state index contributed by atoms with van der Waals surface area (Å²) in [6.45, 7) is 11.8. The van der Waals surface area contributed by atoms with Gasteiger partial charge in [0.05, 0.1) is 6.10 Å². The van der Waals surface area contributed by atoms with E-state index in [9.17, 15) is 9.46 Å². The van der Waals surface area contributed by atoms with E-state index in [1.807, 2.05) is 34.6 Å². The zero-order valence-electron chi connectivity index (χ0n) is 13.3. The van der Waals surface area contributed by atoms with Gasteiger partial charge in [0.1, 0.15) is 5.60 Å². The SMILES string of the molecule is C#CC(CC)(OP(=O)(O)OC(C)C(C)NCC)C(C)C. The predicted molar refractivity (Wildman–Crippen MR) is 81.3 cm³/mol. The third-order valence-electron chi connectivity index (χ3n) is 3.51. The van der Waals surface area contributed by atoms with Crippen LogP contribution in [0.3, 0.4) is 0 Å². The molecular formula is C14H28NO4P. The maximum absolute atomic E-state index is 12.2. The van der Waals surface area contributed by atoms with E-state index in [1.54, 1.807) is 6.92 Å². The van der Waals surface area contributed by atoms with E-state index in [1.165, 1.54) is 0 Å². The monoisotopic (exact) mass is 305 g/mol. The molecule has 0 heterocycles. The van der Waals surface area contributed by atoms with Crippen molar-refractivity contribution in [1.82, 2.24) is 5.32 Å². The average Bonchev–Trinajstić information content (AvgIpc) is 2.35. The molecule has 0 aromatic rings. The fraction of sp³-hybridized carbons (Fsp3) is 0.857. The molecule has 2 N–H and O–H groups in total. The van der Waals surface area contributed by atoms with Crippen molar-refractivity contribution in [2.75, 3.05) is 6.54 Å². The van der Waals surface area contributed by atoms with Crippen LogP contribution in [0.5, 0.6) is 0 Å². The highest BCUT2D eigenvalue weighted by Gasteiger charge is 2.40. The highest BCUT2D eigenvalue weighted by molar-refractivity contribution is 7.47. The van der Waals surface area contributed by atoms with Crippen LogP contribution in [0.15, 0.2) is 0 Å². The first-order valence-corrected chi connectivity index (χ1v) is 8.56. The third kappa shape index (κ3) is 5.55. The van der Waals surface area contributed by atoms with Crippen LogP contribution in [0.1, 0.15) is 48.0 Å². The van der Waals surface area contributed by atoms with Crippen molar-refractivity contribution in [3.05, 3.63) is 0 Å². The number of phosphoric ester groups is 1. The smallest absolute Gasteiger partial charge is 0.312 e. The van der Waals surface area contributed by atoms with E-state index >= 15 is 0 Å². The van der Waals surface area contributed by atoms with E-state index in [4.69, 9.17) is 15.5 Å². The summed E-state index contributed by atoms with van der Waals surface area (Å²) in [6.07, 6.45) is 5.46. The number of phosphoric acid groups is 1. The van der Waals surface area contributed by atoms with Crippen molar-refractivity contribution in [1.29, 1.82) is 0 Å². The van der Waals surface area contributed by atoms with Crippen molar-refractivity contribution < 1.29 is 18.5 Å². The lowest BCUT2D eigenvalue weighted by Crippen LogP contribution is -2.39. The van der Waals surface area contributed by atoms with Gasteiger partial charge in [-0.2, -0.15) is 0 Å². The van der Waals surface area contributed by atoms with Crippen molar-refractivity contribution in [3.63, 3.8) is 0 Å². The first-order valence-electron chi connectivity index (χ1n) is 7.07. The highest BCUT2D eigenvalue weighted by atomic mass is 31.2. The lowest BCUT2D eigenvalue weighted by molar-refractivity contribution is 0.0125. The first-order chi connectivity index (χ1) is 9.14. The highest BCUT2D eigenvalue weighted by Crippen LogP contribution is 2.51. The van der Waals surface area contributed by atoms with E-state index in [2.05, 4.69) is 11.2 Å². The summed E-state index contributed by atoms with van der Waals surface area (Å²) in [7, 11) is -4.22. The summed E-state index contributed by atoms with van der Waals surface area (Å²) in [6, 6.07) is -0.0648. The topological polar surface area (TPSA) is 67.8 Å². The summed E-state index contributed by atoms with van der Waals surface area (Å²) in [5, 5.41) is 3.13. The van der Waals surface area contributed by atoms with Gasteiger partial charge in [-0.15, -0.1) is 6.42 Å². The van der Waals surface area contributed by atoms with Crippen molar-refractivity contribution in [2.45, 2.75) is 65.7 Å². The number of nitrogens with one attached hydrogen (secondary N) is 1. The maximum Gasteiger partial charge on any atom is 0.473 e. The Hall–Kier alpha value is -0.370. The van der Waals surface area contributed by atoms with Crippen molar-refractivity contribution >= 4 is 7.82 Å². The van der Waals surface area contributed by atoms with Gasteiger partial charge in [-0.3, -0.25) is 9.05 Å². The molecule has 0 aliphatic rings. The van der Waals surface area contributed by atoms with Crippen LogP contribution < -0.4 is 5.32 Å². The molecule has 20 heavy (non-hydrogen) atoms. The Balaban J connectivity index is 4.90. The standard InChI is InChI=1S/C14H28NO4P/c1-8-14(9-2,11(4)5)19-20(16,17)18-13(7)12(6)15-10-3/h1,11-13,15H,9-10H2,2-7H3,(H,16,17). The quantitative estimate of drug-likeness (QED) is 0.506. The van der Waals surface area contributed by atoms with Gasteiger partial charge in [0, 0.05) is 6.04 Å². The third-order valence-corrected chi connectivity index (χ3v) is 4.67. The van der Waals surface area contributed by atoms with Crippen LogP contribution in [0, 0.1) is 18.3 Å². The average molecular weight is 305 g/mol. The predicted octanol–water partition coefficient (Wildman–Crippen LogP) is 2.94.